The second-order valence-corrected chi connectivity index (χ2v) is 3.20. The first-order chi connectivity index (χ1) is 6.88. The van der Waals surface area contributed by atoms with Crippen LogP contribution in [-0.2, 0) is 0 Å². The highest BCUT2D eigenvalue weighted by molar-refractivity contribution is 5.04. The van der Waals surface area contributed by atoms with Crippen molar-refractivity contribution in [3.8, 4) is 0 Å². The van der Waals surface area contributed by atoms with Crippen LogP contribution in [0.1, 0.15) is 31.0 Å². The molecule has 1 N–H and O–H groups in total. The van der Waals surface area contributed by atoms with Gasteiger partial charge in [0.15, 0.2) is 0 Å². The van der Waals surface area contributed by atoms with Gasteiger partial charge < -0.3 is 5.32 Å². The molecule has 1 aromatic heterocycles. The Hall–Kier alpha value is -1.22. The van der Waals surface area contributed by atoms with E-state index in [2.05, 4.69) is 21.9 Å². The Kier molecular flexibility index (Phi) is 4.86. The van der Waals surface area contributed by atoms with E-state index in [0.717, 1.165) is 25.0 Å². The highest BCUT2D eigenvalue weighted by Gasteiger charge is 2.08. The highest BCUT2D eigenvalue weighted by Crippen LogP contribution is 2.15. The van der Waals surface area contributed by atoms with Crippen LogP contribution in [0.2, 0.25) is 0 Å². The molecule has 14 heavy (non-hydrogen) atoms. The summed E-state index contributed by atoms with van der Waals surface area (Å²) in [6, 6.07) is 2.28. The summed E-state index contributed by atoms with van der Waals surface area (Å²) in [6.45, 7) is 3.71. The van der Waals surface area contributed by atoms with Gasteiger partial charge in [-0.2, -0.15) is 0 Å². The standard InChI is InChI=1S/C11H17N3/c1-3-4-5-6-10(12-2)11-7-8-13-9-14-11/h3,7-10,12H,1,4-6H2,2H3. The highest BCUT2D eigenvalue weighted by atomic mass is 14.9. The largest absolute Gasteiger partial charge is 0.312 e. The molecular formula is C11H17N3. The monoisotopic (exact) mass is 191 g/mol. The van der Waals surface area contributed by atoms with Crippen molar-refractivity contribution in [3.05, 3.63) is 36.9 Å². The van der Waals surface area contributed by atoms with Crippen molar-refractivity contribution >= 4 is 0 Å². The van der Waals surface area contributed by atoms with Gasteiger partial charge in [0, 0.05) is 12.2 Å². The van der Waals surface area contributed by atoms with Crippen molar-refractivity contribution in [3.63, 3.8) is 0 Å². The quantitative estimate of drug-likeness (QED) is 0.552. The number of aromatic nitrogens is 2. The average molecular weight is 191 g/mol. The van der Waals surface area contributed by atoms with Crippen LogP contribution in [-0.4, -0.2) is 17.0 Å². The molecule has 0 aromatic carbocycles. The third-order valence-electron chi connectivity index (χ3n) is 2.21. The van der Waals surface area contributed by atoms with E-state index in [1.165, 1.54) is 0 Å². The molecule has 0 aliphatic heterocycles. The van der Waals surface area contributed by atoms with Gasteiger partial charge in [0.25, 0.3) is 0 Å². The van der Waals surface area contributed by atoms with Crippen molar-refractivity contribution in [2.45, 2.75) is 25.3 Å². The Labute approximate surface area is 85.3 Å². The minimum absolute atomic E-state index is 0.331. The fourth-order valence-corrected chi connectivity index (χ4v) is 1.41. The number of hydrogen-bond acceptors (Lipinski definition) is 3. The molecule has 1 aromatic rings. The molecule has 1 heterocycles. The van der Waals surface area contributed by atoms with Gasteiger partial charge in [0.05, 0.1) is 5.69 Å². The van der Waals surface area contributed by atoms with Gasteiger partial charge in [0.1, 0.15) is 6.33 Å². The molecule has 1 unspecified atom stereocenters. The fraction of sp³-hybridized carbons (Fsp3) is 0.455. The van der Waals surface area contributed by atoms with E-state index in [-0.39, 0.29) is 0 Å². The van der Waals surface area contributed by atoms with Gasteiger partial charge in [0.2, 0.25) is 0 Å². The van der Waals surface area contributed by atoms with E-state index < -0.39 is 0 Å². The van der Waals surface area contributed by atoms with Gasteiger partial charge in [-0.3, -0.25) is 0 Å². The molecule has 0 aliphatic carbocycles. The van der Waals surface area contributed by atoms with Gasteiger partial charge in [-0.1, -0.05) is 6.08 Å². The lowest BCUT2D eigenvalue weighted by molar-refractivity contribution is 0.517. The molecule has 0 aliphatic rings. The summed E-state index contributed by atoms with van der Waals surface area (Å²) >= 11 is 0. The Morgan fingerprint density at radius 2 is 2.50 bits per heavy atom. The normalized spacial score (nSPS) is 12.4. The van der Waals surface area contributed by atoms with Crippen LogP contribution in [0, 0.1) is 0 Å². The van der Waals surface area contributed by atoms with Gasteiger partial charge in [-0.15, -0.1) is 6.58 Å². The topological polar surface area (TPSA) is 37.8 Å². The maximum absolute atomic E-state index is 4.23. The van der Waals surface area contributed by atoms with Crippen molar-refractivity contribution in [1.29, 1.82) is 0 Å². The van der Waals surface area contributed by atoms with Crippen molar-refractivity contribution < 1.29 is 0 Å². The third kappa shape index (κ3) is 3.26. The summed E-state index contributed by atoms with van der Waals surface area (Å²) in [6.07, 6.45) is 8.60. The van der Waals surface area contributed by atoms with Gasteiger partial charge in [-0.05, 0) is 32.4 Å². The lowest BCUT2D eigenvalue weighted by Crippen LogP contribution is -2.17. The summed E-state index contributed by atoms with van der Waals surface area (Å²) in [5.41, 5.74) is 1.06. The van der Waals surface area contributed by atoms with E-state index in [4.69, 9.17) is 0 Å². The summed E-state index contributed by atoms with van der Waals surface area (Å²) in [5, 5.41) is 3.25. The summed E-state index contributed by atoms with van der Waals surface area (Å²) in [5.74, 6) is 0. The average Bonchev–Trinajstić information content (AvgIpc) is 2.26. The minimum Gasteiger partial charge on any atom is -0.312 e. The number of nitrogens with one attached hydrogen (secondary N) is 1. The van der Waals surface area contributed by atoms with Crippen LogP contribution >= 0.6 is 0 Å². The molecule has 1 atom stereocenters. The van der Waals surface area contributed by atoms with Crippen LogP contribution in [0.25, 0.3) is 0 Å². The first kappa shape index (κ1) is 10.9. The Bertz CT molecular complexity index is 258. The van der Waals surface area contributed by atoms with E-state index >= 15 is 0 Å². The number of hydrogen-bond donors (Lipinski definition) is 1. The maximum Gasteiger partial charge on any atom is 0.115 e. The molecule has 1 rings (SSSR count). The second kappa shape index (κ2) is 6.27. The Morgan fingerprint density at radius 1 is 1.64 bits per heavy atom. The summed E-state index contributed by atoms with van der Waals surface area (Å²) < 4.78 is 0. The first-order valence-electron chi connectivity index (χ1n) is 4.92. The Balaban J connectivity index is 2.50. The molecule has 0 fully saturated rings. The van der Waals surface area contributed by atoms with E-state index in [9.17, 15) is 0 Å². The molecule has 0 saturated carbocycles. The van der Waals surface area contributed by atoms with E-state index in [0.29, 0.717) is 6.04 Å². The van der Waals surface area contributed by atoms with Crippen molar-refractivity contribution in [2.24, 2.45) is 0 Å². The fourth-order valence-electron chi connectivity index (χ4n) is 1.41. The van der Waals surface area contributed by atoms with Crippen LogP contribution < -0.4 is 5.32 Å². The molecule has 0 bridgehead atoms. The molecular weight excluding hydrogens is 174 g/mol. The first-order valence-corrected chi connectivity index (χ1v) is 4.92. The number of unbranched alkanes of at least 4 members (excludes halogenated alkanes) is 1. The van der Waals surface area contributed by atoms with Gasteiger partial charge in [-0.25, -0.2) is 9.97 Å². The molecule has 0 radical (unpaired) electrons. The van der Waals surface area contributed by atoms with Gasteiger partial charge >= 0.3 is 0 Å². The van der Waals surface area contributed by atoms with Crippen LogP contribution in [0.15, 0.2) is 31.2 Å². The molecule has 3 heteroatoms. The molecule has 0 amide bonds. The lowest BCUT2D eigenvalue weighted by Gasteiger charge is -2.14. The SMILES string of the molecule is C=CCCCC(NC)c1ccncn1. The molecule has 0 saturated heterocycles. The number of nitrogens with zero attached hydrogens (tertiary/aromatic N) is 2. The zero-order chi connectivity index (χ0) is 10.2. The number of allylic oxidation sites excluding steroid dienone is 1. The Morgan fingerprint density at radius 3 is 3.07 bits per heavy atom. The van der Waals surface area contributed by atoms with E-state index in [1.807, 2.05) is 19.2 Å². The number of rotatable bonds is 6. The lowest BCUT2D eigenvalue weighted by atomic mass is 10.1. The molecule has 0 spiro atoms. The van der Waals surface area contributed by atoms with E-state index in [1.54, 1.807) is 12.5 Å². The predicted octanol–water partition coefficient (Wildman–Crippen LogP) is 2.09. The zero-order valence-corrected chi connectivity index (χ0v) is 8.61. The second-order valence-electron chi connectivity index (χ2n) is 3.20. The van der Waals surface area contributed by atoms with Crippen molar-refractivity contribution in [2.75, 3.05) is 7.05 Å². The van der Waals surface area contributed by atoms with Crippen molar-refractivity contribution in [1.82, 2.24) is 15.3 Å². The smallest absolute Gasteiger partial charge is 0.115 e. The molecule has 3 nitrogen and oxygen atoms in total. The predicted molar refractivity (Wildman–Crippen MR) is 57.9 cm³/mol. The molecule has 76 valence electrons. The maximum atomic E-state index is 4.23. The van der Waals surface area contributed by atoms with Crippen LogP contribution in [0.4, 0.5) is 0 Å². The summed E-state index contributed by atoms with van der Waals surface area (Å²) in [7, 11) is 1.96. The minimum atomic E-state index is 0.331. The van der Waals surface area contributed by atoms with Crippen LogP contribution in [0.5, 0.6) is 0 Å². The summed E-state index contributed by atoms with van der Waals surface area (Å²) in [4.78, 5) is 8.13. The zero-order valence-electron chi connectivity index (χ0n) is 8.61. The van der Waals surface area contributed by atoms with Crippen LogP contribution in [0.3, 0.4) is 0 Å². The third-order valence-corrected chi connectivity index (χ3v) is 2.21.